The highest BCUT2D eigenvalue weighted by molar-refractivity contribution is 5.88. The first-order valence-corrected chi connectivity index (χ1v) is 8.20. The minimum atomic E-state index is -0.564. The van der Waals surface area contributed by atoms with Crippen molar-refractivity contribution in [2.24, 2.45) is 5.73 Å². The Balaban J connectivity index is 1.43. The lowest BCUT2D eigenvalue weighted by Crippen LogP contribution is -2.53. The Kier molecular flexibility index (Phi) is 4.36. The molecule has 3 N–H and O–H groups in total. The summed E-state index contributed by atoms with van der Waals surface area (Å²) >= 11 is 0. The lowest BCUT2D eigenvalue weighted by Gasteiger charge is -2.39. The van der Waals surface area contributed by atoms with Crippen LogP contribution in [0.25, 0.3) is 0 Å². The standard InChI is InChI=1S/C17H26N4O/c1-14(13-19-16(22)17(18)7-8-17)20-9-11-21(12-10-20)15-5-3-2-4-6-15/h2-6,14H,7-13,18H2,1H3,(H,19,22). The molecule has 1 saturated heterocycles. The quantitative estimate of drug-likeness (QED) is 0.845. The normalized spacial score (nSPS) is 22.2. The Morgan fingerprint density at radius 1 is 1.23 bits per heavy atom. The van der Waals surface area contributed by atoms with Crippen molar-refractivity contribution in [2.75, 3.05) is 37.6 Å². The second-order valence-electron chi connectivity index (χ2n) is 6.57. The first-order chi connectivity index (χ1) is 10.6. The van der Waals surface area contributed by atoms with Crippen LogP contribution in [0, 0.1) is 0 Å². The van der Waals surface area contributed by atoms with Crippen molar-refractivity contribution in [3.8, 4) is 0 Å². The van der Waals surface area contributed by atoms with Crippen LogP contribution in [0.2, 0.25) is 0 Å². The number of carbonyl (C=O) groups is 1. The van der Waals surface area contributed by atoms with Crippen molar-refractivity contribution < 1.29 is 4.79 Å². The molecule has 0 radical (unpaired) electrons. The second kappa shape index (κ2) is 6.26. The molecule has 22 heavy (non-hydrogen) atoms. The van der Waals surface area contributed by atoms with Crippen molar-refractivity contribution in [3.05, 3.63) is 30.3 Å². The number of hydrogen-bond donors (Lipinski definition) is 2. The van der Waals surface area contributed by atoms with Crippen molar-refractivity contribution in [1.82, 2.24) is 10.2 Å². The van der Waals surface area contributed by atoms with Crippen molar-refractivity contribution in [1.29, 1.82) is 0 Å². The van der Waals surface area contributed by atoms with Gasteiger partial charge >= 0.3 is 0 Å². The van der Waals surface area contributed by atoms with Gasteiger partial charge in [-0.2, -0.15) is 0 Å². The molecule has 1 saturated carbocycles. The summed E-state index contributed by atoms with van der Waals surface area (Å²) in [4.78, 5) is 16.7. The average molecular weight is 302 g/mol. The number of benzene rings is 1. The van der Waals surface area contributed by atoms with Gasteiger partial charge in [0.05, 0.1) is 5.54 Å². The topological polar surface area (TPSA) is 61.6 Å². The number of rotatable bonds is 5. The summed E-state index contributed by atoms with van der Waals surface area (Å²) in [6.45, 7) is 6.98. The van der Waals surface area contributed by atoms with E-state index in [1.165, 1.54) is 5.69 Å². The van der Waals surface area contributed by atoms with Crippen LogP contribution in [0.15, 0.2) is 30.3 Å². The van der Waals surface area contributed by atoms with Gasteiger partial charge in [0.1, 0.15) is 0 Å². The molecule has 5 nitrogen and oxygen atoms in total. The molecule has 1 aromatic carbocycles. The first kappa shape index (κ1) is 15.3. The largest absolute Gasteiger partial charge is 0.369 e. The molecule has 3 rings (SSSR count). The van der Waals surface area contributed by atoms with Crippen LogP contribution >= 0.6 is 0 Å². The summed E-state index contributed by atoms with van der Waals surface area (Å²) < 4.78 is 0. The van der Waals surface area contributed by atoms with E-state index in [0.717, 1.165) is 39.0 Å². The monoisotopic (exact) mass is 302 g/mol. The van der Waals surface area contributed by atoms with E-state index in [9.17, 15) is 4.79 Å². The van der Waals surface area contributed by atoms with E-state index in [4.69, 9.17) is 5.73 Å². The number of anilines is 1. The predicted octanol–water partition coefficient (Wildman–Crippen LogP) is 0.805. The summed E-state index contributed by atoms with van der Waals surface area (Å²) in [5, 5.41) is 3.01. The van der Waals surface area contributed by atoms with Gasteiger partial charge in [-0.3, -0.25) is 9.69 Å². The molecule has 1 aliphatic heterocycles. The molecule has 1 amide bonds. The number of nitrogens with zero attached hydrogens (tertiary/aromatic N) is 2. The van der Waals surface area contributed by atoms with Crippen molar-refractivity contribution >= 4 is 11.6 Å². The Hall–Kier alpha value is -1.59. The molecule has 1 heterocycles. The number of amides is 1. The highest BCUT2D eigenvalue weighted by Gasteiger charge is 2.45. The summed E-state index contributed by atoms with van der Waals surface area (Å²) in [5.74, 6) is 0.0160. The molecule has 2 aliphatic rings. The maximum Gasteiger partial charge on any atom is 0.240 e. The SMILES string of the molecule is CC(CNC(=O)C1(N)CC1)N1CCN(c2ccccc2)CC1. The molecular weight excluding hydrogens is 276 g/mol. The third-order valence-electron chi connectivity index (χ3n) is 4.86. The third-order valence-corrected chi connectivity index (χ3v) is 4.86. The van der Waals surface area contributed by atoms with Crippen LogP contribution in [0.5, 0.6) is 0 Å². The molecular formula is C17H26N4O. The maximum absolute atomic E-state index is 11.9. The zero-order valence-electron chi connectivity index (χ0n) is 13.3. The van der Waals surface area contributed by atoms with E-state index in [1.807, 2.05) is 0 Å². The van der Waals surface area contributed by atoms with E-state index >= 15 is 0 Å². The summed E-state index contributed by atoms with van der Waals surface area (Å²) in [6, 6.07) is 10.9. The second-order valence-corrected chi connectivity index (χ2v) is 6.57. The Morgan fingerprint density at radius 3 is 2.45 bits per heavy atom. The summed E-state index contributed by atoms with van der Waals surface area (Å²) in [6.07, 6.45) is 1.64. The van der Waals surface area contributed by atoms with Gasteiger partial charge in [0.25, 0.3) is 0 Å². The van der Waals surface area contributed by atoms with Crippen LogP contribution in [-0.4, -0.2) is 55.1 Å². The van der Waals surface area contributed by atoms with Gasteiger partial charge in [0.15, 0.2) is 0 Å². The predicted molar refractivity (Wildman–Crippen MR) is 88.9 cm³/mol. The van der Waals surface area contributed by atoms with Gasteiger partial charge in [-0.05, 0) is 31.9 Å². The number of nitrogens with two attached hydrogens (primary N) is 1. The molecule has 0 aromatic heterocycles. The van der Waals surface area contributed by atoms with Crippen LogP contribution in [0.3, 0.4) is 0 Å². The van der Waals surface area contributed by atoms with Crippen molar-refractivity contribution in [3.63, 3.8) is 0 Å². The molecule has 2 fully saturated rings. The van der Waals surface area contributed by atoms with E-state index in [0.29, 0.717) is 12.6 Å². The molecule has 0 spiro atoms. The fraction of sp³-hybridized carbons (Fsp3) is 0.588. The average Bonchev–Trinajstić information content (AvgIpc) is 3.32. The van der Waals surface area contributed by atoms with Gasteiger partial charge in [-0.15, -0.1) is 0 Å². The maximum atomic E-state index is 11.9. The van der Waals surface area contributed by atoms with E-state index < -0.39 is 5.54 Å². The van der Waals surface area contributed by atoms with Gasteiger partial charge in [-0.25, -0.2) is 0 Å². The van der Waals surface area contributed by atoms with E-state index in [-0.39, 0.29) is 5.91 Å². The third kappa shape index (κ3) is 3.42. The van der Waals surface area contributed by atoms with Crippen molar-refractivity contribution in [2.45, 2.75) is 31.3 Å². The fourth-order valence-electron chi connectivity index (χ4n) is 2.97. The molecule has 1 aromatic rings. The molecule has 5 heteroatoms. The van der Waals surface area contributed by atoms with Gasteiger partial charge in [0.2, 0.25) is 5.91 Å². The number of carbonyl (C=O) groups excluding carboxylic acids is 1. The Bertz CT molecular complexity index is 507. The summed E-state index contributed by atoms with van der Waals surface area (Å²) in [7, 11) is 0. The molecule has 120 valence electrons. The number of nitrogens with one attached hydrogen (secondary N) is 1. The molecule has 1 aliphatic carbocycles. The minimum absolute atomic E-state index is 0.0160. The minimum Gasteiger partial charge on any atom is -0.369 e. The van der Waals surface area contributed by atoms with Crippen LogP contribution in [-0.2, 0) is 4.79 Å². The van der Waals surface area contributed by atoms with Gasteiger partial charge in [0, 0.05) is 44.5 Å². The highest BCUT2D eigenvalue weighted by Crippen LogP contribution is 2.32. The molecule has 0 bridgehead atoms. The number of piperazine rings is 1. The zero-order valence-corrected chi connectivity index (χ0v) is 13.3. The number of para-hydroxylation sites is 1. The zero-order chi connectivity index (χ0) is 15.6. The lowest BCUT2D eigenvalue weighted by molar-refractivity contribution is -0.123. The van der Waals surface area contributed by atoms with Crippen LogP contribution < -0.4 is 16.0 Å². The smallest absolute Gasteiger partial charge is 0.240 e. The fourth-order valence-corrected chi connectivity index (χ4v) is 2.97. The number of hydrogen-bond acceptors (Lipinski definition) is 4. The Morgan fingerprint density at radius 2 is 1.86 bits per heavy atom. The molecule has 1 unspecified atom stereocenters. The van der Waals surface area contributed by atoms with Crippen LogP contribution in [0.4, 0.5) is 5.69 Å². The Labute approximate surface area is 132 Å². The first-order valence-electron chi connectivity index (χ1n) is 8.20. The van der Waals surface area contributed by atoms with Gasteiger partial charge < -0.3 is 16.0 Å². The van der Waals surface area contributed by atoms with E-state index in [1.54, 1.807) is 0 Å². The highest BCUT2D eigenvalue weighted by atomic mass is 16.2. The van der Waals surface area contributed by atoms with E-state index in [2.05, 4.69) is 52.4 Å². The lowest BCUT2D eigenvalue weighted by atomic mass is 10.2. The summed E-state index contributed by atoms with van der Waals surface area (Å²) in [5.41, 5.74) is 6.63. The molecule has 1 atom stereocenters. The van der Waals surface area contributed by atoms with Crippen LogP contribution in [0.1, 0.15) is 19.8 Å². The van der Waals surface area contributed by atoms with Gasteiger partial charge in [-0.1, -0.05) is 18.2 Å².